The lowest BCUT2D eigenvalue weighted by Crippen LogP contribution is -2.39. The second kappa shape index (κ2) is 6.56. The number of benzene rings is 1. The van der Waals surface area contributed by atoms with Gasteiger partial charge in [-0.05, 0) is 17.7 Å². The lowest BCUT2D eigenvalue weighted by molar-refractivity contribution is 0.449. The first-order valence-electron chi connectivity index (χ1n) is 7.51. The highest BCUT2D eigenvalue weighted by atomic mass is 32.2. The van der Waals surface area contributed by atoms with Crippen molar-refractivity contribution in [2.24, 2.45) is 0 Å². The summed E-state index contributed by atoms with van der Waals surface area (Å²) in [6.45, 7) is 0.0733. The molecule has 0 saturated heterocycles. The van der Waals surface area contributed by atoms with Crippen LogP contribution in [0, 0.1) is 0 Å². The molecule has 3 N–H and O–H groups in total. The Morgan fingerprint density at radius 3 is 2.46 bits per heavy atom. The predicted octanol–water partition coefficient (Wildman–Crippen LogP) is 0.585. The van der Waals surface area contributed by atoms with Crippen LogP contribution in [0.2, 0.25) is 0 Å². The maximum absolute atomic E-state index is 12.6. The number of furan rings is 1. The fourth-order valence-electron chi connectivity index (χ4n) is 2.47. The molecule has 0 aliphatic heterocycles. The molecule has 0 unspecified atom stereocenters. The van der Waals surface area contributed by atoms with E-state index < -0.39 is 21.3 Å². The molecule has 0 atom stereocenters. The average Bonchev–Trinajstić information content (AvgIpc) is 3.14. The molecular formula is C16H16N4O5S. The molecular weight excluding hydrogens is 360 g/mol. The molecule has 0 fully saturated rings. The van der Waals surface area contributed by atoms with E-state index in [0.717, 1.165) is 17.2 Å². The third-order valence-electron chi connectivity index (χ3n) is 3.82. The van der Waals surface area contributed by atoms with Crippen LogP contribution in [0.5, 0.6) is 0 Å². The Morgan fingerprint density at radius 2 is 1.85 bits per heavy atom. The van der Waals surface area contributed by atoms with Crippen LogP contribution < -0.4 is 21.3 Å². The molecule has 9 nitrogen and oxygen atoms in total. The molecule has 1 aromatic carbocycles. The SMILES string of the molecule is CN(c1c(N)n(Cc2ccccc2)c(=O)[nH]c1=O)S(=O)(=O)c1ccco1. The molecule has 0 amide bonds. The maximum atomic E-state index is 12.6. The van der Waals surface area contributed by atoms with Crippen LogP contribution in [0.1, 0.15) is 5.56 Å². The van der Waals surface area contributed by atoms with Crippen molar-refractivity contribution in [1.82, 2.24) is 9.55 Å². The molecule has 2 aromatic heterocycles. The normalized spacial score (nSPS) is 11.4. The Bertz CT molecular complexity index is 1130. The number of nitrogens with one attached hydrogen (secondary N) is 1. The van der Waals surface area contributed by atoms with Crippen molar-refractivity contribution in [3.8, 4) is 0 Å². The Balaban J connectivity index is 2.12. The Labute approximate surface area is 148 Å². The van der Waals surface area contributed by atoms with Crippen molar-refractivity contribution in [2.45, 2.75) is 11.6 Å². The summed E-state index contributed by atoms with van der Waals surface area (Å²) in [4.78, 5) is 26.5. The number of H-pyrrole nitrogens is 1. The molecule has 0 radical (unpaired) electrons. The van der Waals surface area contributed by atoms with Crippen LogP contribution in [0.15, 0.2) is 67.8 Å². The Hall–Kier alpha value is -3.27. The van der Waals surface area contributed by atoms with E-state index in [1.165, 1.54) is 18.4 Å². The highest BCUT2D eigenvalue weighted by molar-refractivity contribution is 7.92. The number of aromatic nitrogens is 2. The average molecular weight is 376 g/mol. The summed E-state index contributed by atoms with van der Waals surface area (Å²) in [6.07, 6.45) is 1.20. The molecule has 0 aliphatic carbocycles. The monoisotopic (exact) mass is 376 g/mol. The summed E-state index contributed by atoms with van der Waals surface area (Å²) in [6, 6.07) is 11.6. The summed E-state index contributed by atoms with van der Waals surface area (Å²) in [7, 11) is -2.98. The minimum Gasteiger partial charge on any atom is -0.451 e. The van der Waals surface area contributed by atoms with Gasteiger partial charge in [-0.15, -0.1) is 0 Å². The zero-order chi connectivity index (χ0) is 18.9. The summed E-state index contributed by atoms with van der Waals surface area (Å²) in [5.74, 6) is -0.264. The van der Waals surface area contributed by atoms with Crippen molar-refractivity contribution in [3.63, 3.8) is 0 Å². The van der Waals surface area contributed by atoms with E-state index >= 15 is 0 Å². The molecule has 2 heterocycles. The van der Waals surface area contributed by atoms with Crippen molar-refractivity contribution in [2.75, 3.05) is 17.1 Å². The van der Waals surface area contributed by atoms with Gasteiger partial charge in [0, 0.05) is 7.05 Å². The van der Waals surface area contributed by atoms with E-state index in [1.54, 1.807) is 24.3 Å². The van der Waals surface area contributed by atoms with Crippen LogP contribution in [0.4, 0.5) is 11.5 Å². The van der Waals surface area contributed by atoms with E-state index in [2.05, 4.69) is 4.98 Å². The van der Waals surface area contributed by atoms with Gasteiger partial charge in [0.2, 0.25) is 5.09 Å². The van der Waals surface area contributed by atoms with Gasteiger partial charge < -0.3 is 10.2 Å². The van der Waals surface area contributed by atoms with Crippen LogP contribution in [-0.2, 0) is 16.6 Å². The van der Waals surface area contributed by atoms with Gasteiger partial charge in [0.1, 0.15) is 5.82 Å². The van der Waals surface area contributed by atoms with Gasteiger partial charge in [-0.1, -0.05) is 30.3 Å². The van der Waals surface area contributed by atoms with E-state index in [0.29, 0.717) is 4.31 Å². The third kappa shape index (κ3) is 3.02. The van der Waals surface area contributed by atoms with Gasteiger partial charge in [-0.2, -0.15) is 8.42 Å². The quantitative estimate of drug-likeness (QED) is 0.670. The molecule has 3 rings (SSSR count). The van der Waals surface area contributed by atoms with Crippen LogP contribution in [0.25, 0.3) is 0 Å². The number of nitrogens with two attached hydrogens (primary N) is 1. The highest BCUT2D eigenvalue weighted by Gasteiger charge is 2.29. The van der Waals surface area contributed by atoms with Gasteiger partial charge >= 0.3 is 5.69 Å². The van der Waals surface area contributed by atoms with Crippen molar-refractivity contribution < 1.29 is 12.8 Å². The van der Waals surface area contributed by atoms with Gasteiger partial charge in [0.05, 0.1) is 12.8 Å². The molecule has 10 heteroatoms. The fraction of sp³-hybridized carbons (Fsp3) is 0.125. The second-order valence-electron chi connectivity index (χ2n) is 5.47. The van der Waals surface area contributed by atoms with E-state index in [9.17, 15) is 18.0 Å². The van der Waals surface area contributed by atoms with E-state index in [-0.39, 0.29) is 23.1 Å². The number of nitrogen functional groups attached to an aromatic ring is 1. The zero-order valence-electron chi connectivity index (χ0n) is 13.7. The minimum absolute atomic E-state index is 0.0733. The third-order valence-corrected chi connectivity index (χ3v) is 5.47. The Morgan fingerprint density at radius 1 is 1.15 bits per heavy atom. The first kappa shape index (κ1) is 17.5. The van der Waals surface area contributed by atoms with Gasteiger partial charge in [-0.25, -0.2) is 4.79 Å². The summed E-state index contributed by atoms with van der Waals surface area (Å²) in [5, 5.41) is -0.348. The van der Waals surface area contributed by atoms with E-state index in [1.807, 2.05) is 6.07 Å². The number of hydrogen-bond donors (Lipinski definition) is 2. The number of aromatic amines is 1. The standard InChI is InChI=1S/C16H16N4O5S/c1-19(26(23,24)12-8-5-9-25-12)13-14(17)20(16(22)18-15(13)21)10-11-6-3-2-4-7-11/h2-9H,10,17H2,1H3,(H,18,21,22). The van der Waals surface area contributed by atoms with Crippen LogP contribution in [-0.4, -0.2) is 25.0 Å². The topological polar surface area (TPSA) is 131 Å². The number of sulfonamides is 1. The van der Waals surface area contributed by atoms with Crippen molar-refractivity contribution in [1.29, 1.82) is 0 Å². The molecule has 0 saturated carbocycles. The smallest absolute Gasteiger partial charge is 0.330 e. The van der Waals surface area contributed by atoms with E-state index in [4.69, 9.17) is 10.2 Å². The molecule has 136 valence electrons. The lowest BCUT2D eigenvalue weighted by Gasteiger charge is -2.20. The first-order chi connectivity index (χ1) is 12.3. The molecule has 26 heavy (non-hydrogen) atoms. The molecule has 0 bridgehead atoms. The summed E-state index contributed by atoms with van der Waals surface area (Å²) < 4.78 is 31.9. The first-order valence-corrected chi connectivity index (χ1v) is 8.95. The molecule has 0 aliphatic rings. The zero-order valence-corrected chi connectivity index (χ0v) is 14.6. The fourth-order valence-corrected chi connectivity index (χ4v) is 3.58. The number of rotatable bonds is 5. The maximum Gasteiger partial charge on any atom is 0.330 e. The van der Waals surface area contributed by atoms with Gasteiger partial charge in [0.25, 0.3) is 15.6 Å². The van der Waals surface area contributed by atoms with Crippen LogP contribution in [0.3, 0.4) is 0 Å². The largest absolute Gasteiger partial charge is 0.451 e. The second-order valence-corrected chi connectivity index (χ2v) is 7.37. The van der Waals surface area contributed by atoms with Gasteiger partial charge in [0.15, 0.2) is 5.69 Å². The molecule has 0 spiro atoms. The lowest BCUT2D eigenvalue weighted by atomic mass is 10.2. The molecule has 3 aromatic rings. The highest BCUT2D eigenvalue weighted by Crippen LogP contribution is 2.23. The number of nitrogens with zero attached hydrogens (tertiary/aromatic N) is 2. The van der Waals surface area contributed by atoms with Gasteiger partial charge in [-0.3, -0.25) is 18.7 Å². The van der Waals surface area contributed by atoms with Crippen LogP contribution >= 0.6 is 0 Å². The summed E-state index contributed by atoms with van der Waals surface area (Å²) in [5.41, 5.74) is 4.75. The summed E-state index contributed by atoms with van der Waals surface area (Å²) >= 11 is 0. The number of anilines is 2. The minimum atomic E-state index is -4.14. The predicted molar refractivity (Wildman–Crippen MR) is 95.6 cm³/mol. The number of hydrogen-bond acceptors (Lipinski definition) is 6. The van der Waals surface area contributed by atoms with Crippen molar-refractivity contribution in [3.05, 3.63) is 75.1 Å². The van der Waals surface area contributed by atoms with Crippen molar-refractivity contribution >= 4 is 21.5 Å². The Kier molecular flexibility index (Phi) is 4.43.